The van der Waals surface area contributed by atoms with Crippen LogP contribution in [-0.4, -0.2) is 38.3 Å². The predicted octanol–water partition coefficient (Wildman–Crippen LogP) is 3.01. The molecule has 0 spiro atoms. The third kappa shape index (κ3) is 4.25. The Labute approximate surface area is 139 Å². The van der Waals surface area contributed by atoms with Crippen molar-refractivity contribution in [2.75, 3.05) is 20.2 Å². The van der Waals surface area contributed by atoms with Gasteiger partial charge in [0.25, 0.3) is 0 Å². The van der Waals surface area contributed by atoms with Crippen LogP contribution in [0, 0.1) is 0 Å². The molecule has 1 saturated carbocycles. The predicted molar refractivity (Wildman–Crippen MR) is 95.1 cm³/mol. The molecule has 2 aliphatic rings. The summed E-state index contributed by atoms with van der Waals surface area (Å²) in [6, 6.07) is 9.59. The van der Waals surface area contributed by atoms with Crippen LogP contribution < -0.4 is 10.6 Å². The van der Waals surface area contributed by atoms with E-state index in [1.54, 1.807) is 0 Å². The maximum atomic E-state index is 5.64. The fourth-order valence-corrected chi connectivity index (χ4v) is 3.24. The summed E-state index contributed by atoms with van der Waals surface area (Å²) >= 11 is 0. The van der Waals surface area contributed by atoms with Crippen LogP contribution in [0.1, 0.15) is 56.1 Å². The summed E-state index contributed by atoms with van der Waals surface area (Å²) in [6.07, 6.45) is 3.85. The van der Waals surface area contributed by atoms with Crippen LogP contribution in [0.15, 0.2) is 29.3 Å². The highest BCUT2D eigenvalue weighted by Crippen LogP contribution is 2.41. The first-order chi connectivity index (χ1) is 11.2. The first-order valence-corrected chi connectivity index (χ1v) is 8.86. The van der Waals surface area contributed by atoms with Crippen molar-refractivity contribution in [3.63, 3.8) is 0 Å². The molecule has 23 heavy (non-hydrogen) atoms. The van der Waals surface area contributed by atoms with Crippen LogP contribution in [0.2, 0.25) is 0 Å². The van der Waals surface area contributed by atoms with Gasteiger partial charge in [0.15, 0.2) is 5.96 Å². The molecule has 3 atom stereocenters. The van der Waals surface area contributed by atoms with Gasteiger partial charge in [-0.1, -0.05) is 38.1 Å². The van der Waals surface area contributed by atoms with Crippen molar-refractivity contribution < 1.29 is 4.74 Å². The standard InChI is InChI=1S/C19H29N3O/c1-13(2)14-6-8-15(9-7-14)17-11-18(17)22-19(20-3)21-12-16-5-4-10-23-16/h6-9,13,16-18H,4-5,10-12H2,1-3H3,(H2,20,21,22). The summed E-state index contributed by atoms with van der Waals surface area (Å²) in [5.74, 6) is 2.10. The Bertz CT molecular complexity index is 532. The molecule has 1 heterocycles. The maximum Gasteiger partial charge on any atom is 0.191 e. The van der Waals surface area contributed by atoms with Crippen molar-refractivity contribution in [1.82, 2.24) is 10.6 Å². The number of hydrogen-bond acceptors (Lipinski definition) is 2. The van der Waals surface area contributed by atoms with E-state index in [0.717, 1.165) is 25.5 Å². The van der Waals surface area contributed by atoms with E-state index in [-0.39, 0.29) is 0 Å². The zero-order valence-corrected chi connectivity index (χ0v) is 14.5. The number of benzene rings is 1. The van der Waals surface area contributed by atoms with Gasteiger partial charge in [0.05, 0.1) is 6.10 Å². The Hall–Kier alpha value is -1.55. The van der Waals surface area contributed by atoms with Crippen molar-refractivity contribution in [2.45, 2.75) is 57.1 Å². The lowest BCUT2D eigenvalue weighted by Crippen LogP contribution is -2.42. The minimum atomic E-state index is 0.340. The average Bonchev–Trinajstić information content (AvgIpc) is 3.13. The molecule has 0 bridgehead atoms. The van der Waals surface area contributed by atoms with Crippen molar-refractivity contribution >= 4 is 5.96 Å². The molecule has 1 saturated heterocycles. The highest BCUT2D eigenvalue weighted by atomic mass is 16.5. The van der Waals surface area contributed by atoms with Crippen LogP contribution in [0.4, 0.5) is 0 Å². The molecule has 4 nitrogen and oxygen atoms in total. The summed E-state index contributed by atoms with van der Waals surface area (Å²) in [7, 11) is 1.83. The molecule has 2 fully saturated rings. The van der Waals surface area contributed by atoms with Crippen LogP contribution in [-0.2, 0) is 4.74 Å². The number of hydrogen-bond donors (Lipinski definition) is 2. The number of ether oxygens (including phenoxy) is 1. The first-order valence-electron chi connectivity index (χ1n) is 8.86. The summed E-state index contributed by atoms with van der Waals surface area (Å²) in [6.45, 7) is 6.22. The average molecular weight is 315 g/mol. The molecule has 0 amide bonds. The summed E-state index contributed by atoms with van der Waals surface area (Å²) in [5.41, 5.74) is 2.84. The minimum Gasteiger partial charge on any atom is -0.376 e. The van der Waals surface area contributed by atoms with Gasteiger partial charge in [-0.05, 0) is 36.3 Å². The Morgan fingerprint density at radius 3 is 2.70 bits per heavy atom. The fraction of sp³-hybridized carbons (Fsp3) is 0.632. The smallest absolute Gasteiger partial charge is 0.191 e. The van der Waals surface area contributed by atoms with E-state index in [1.165, 1.54) is 24.0 Å². The zero-order valence-electron chi connectivity index (χ0n) is 14.5. The summed E-state index contributed by atoms with van der Waals surface area (Å²) in [4.78, 5) is 4.33. The lowest BCUT2D eigenvalue weighted by Gasteiger charge is -2.15. The van der Waals surface area contributed by atoms with Gasteiger partial charge >= 0.3 is 0 Å². The normalized spacial score (nSPS) is 27.3. The molecule has 126 valence electrons. The van der Waals surface area contributed by atoms with Gasteiger partial charge in [0, 0.05) is 32.2 Å². The SMILES string of the molecule is CN=C(NCC1CCCO1)NC1CC1c1ccc(C(C)C)cc1. The Morgan fingerprint density at radius 1 is 1.30 bits per heavy atom. The molecule has 0 radical (unpaired) electrons. The monoisotopic (exact) mass is 315 g/mol. The van der Waals surface area contributed by atoms with E-state index in [2.05, 4.69) is 53.7 Å². The fourth-order valence-electron chi connectivity index (χ4n) is 3.24. The third-order valence-electron chi connectivity index (χ3n) is 4.89. The second-order valence-corrected chi connectivity index (χ2v) is 7.00. The van der Waals surface area contributed by atoms with Gasteiger partial charge in [-0.25, -0.2) is 0 Å². The van der Waals surface area contributed by atoms with E-state index >= 15 is 0 Å². The molecular weight excluding hydrogens is 286 g/mol. The van der Waals surface area contributed by atoms with E-state index in [1.807, 2.05) is 7.05 Å². The summed E-state index contributed by atoms with van der Waals surface area (Å²) < 4.78 is 5.64. The van der Waals surface area contributed by atoms with Gasteiger partial charge in [-0.3, -0.25) is 4.99 Å². The molecule has 1 aromatic carbocycles. The van der Waals surface area contributed by atoms with Gasteiger partial charge in [0.2, 0.25) is 0 Å². The highest BCUT2D eigenvalue weighted by molar-refractivity contribution is 5.80. The molecule has 1 aromatic rings. The Kier molecular flexibility index (Phi) is 5.21. The minimum absolute atomic E-state index is 0.340. The van der Waals surface area contributed by atoms with Gasteiger partial charge in [0.1, 0.15) is 0 Å². The number of aliphatic imine (C=N–C) groups is 1. The number of nitrogens with zero attached hydrogens (tertiary/aromatic N) is 1. The maximum absolute atomic E-state index is 5.64. The molecule has 2 N–H and O–H groups in total. The van der Waals surface area contributed by atoms with E-state index in [0.29, 0.717) is 24.0 Å². The quantitative estimate of drug-likeness (QED) is 0.648. The van der Waals surface area contributed by atoms with Crippen LogP contribution >= 0.6 is 0 Å². The van der Waals surface area contributed by atoms with Crippen LogP contribution in [0.5, 0.6) is 0 Å². The van der Waals surface area contributed by atoms with Crippen molar-refractivity contribution in [3.8, 4) is 0 Å². The Morgan fingerprint density at radius 2 is 2.09 bits per heavy atom. The molecule has 0 aromatic heterocycles. The first kappa shape index (κ1) is 16.3. The largest absolute Gasteiger partial charge is 0.376 e. The van der Waals surface area contributed by atoms with Crippen LogP contribution in [0.3, 0.4) is 0 Å². The highest BCUT2D eigenvalue weighted by Gasteiger charge is 2.39. The molecular formula is C19H29N3O. The summed E-state index contributed by atoms with van der Waals surface area (Å²) in [5, 5.41) is 6.93. The molecule has 4 heteroatoms. The molecule has 1 aliphatic heterocycles. The van der Waals surface area contributed by atoms with Crippen molar-refractivity contribution in [1.29, 1.82) is 0 Å². The number of rotatable bonds is 5. The van der Waals surface area contributed by atoms with Crippen LogP contribution in [0.25, 0.3) is 0 Å². The third-order valence-corrected chi connectivity index (χ3v) is 4.89. The van der Waals surface area contributed by atoms with Gasteiger partial charge in [-0.15, -0.1) is 0 Å². The molecule has 3 rings (SSSR count). The number of guanidine groups is 1. The van der Waals surface area contributed by atoms with Crippen molar-refractivity contribution in [2.24, 2.45) is 4.99 Å². The second-order valence-electron chi connectivity index (χ2n) is 7.00. The zero-order chi connectivity index (χ0) is 16.2. The van der Waals surface area contributed by atoms with E-state index in [9.17, 15) is 0 Å². The molecule has 1 aliphatic carbocycles. The lowest BCUT2D eigenvalue weighted by atomic mass is 10.0. The second kappa shape index (κ2) is 7.35. The van der Waals surface area contributed by atoms with Gasteiger partial charge < -0.3 is 15.4 Å². The molecule has 3 unspecified atom stereocenters. The number of nitrogens with one attached hydrogen (secondary N) is 2. The lowest BCUT2D eigenvalue weighted by molar-refractivity contribution is 0.114. The van der Waals surface area contributed by atoms with E-state index in [4.69, 9.17) is 4.74 Å². The van der Waals surface area contributed by atoms with Crippen molar-refractivity contribution in [3.05, 3.63) is 35.4 Å². The van der Waals surface area contributed by atoms with E-state index < -0.39 is 0 Å². The van der Waals surface area contributed by atoms with Gasteiger partial charge in [-0.2, -0.15) is 0 Å². The Balaban J connectivity index is 1.47. The topological polar surface area (TPSA) is 45.7 Å².